The van der Waals surface area contributed by atoms with Crippen LogP contribution in [0.1, 0.15) is 12.8 Å². The number of azide groups is 1. The Kier molecular flexibility index (Phi) is 11.7. The largest absolute Gasteiger partial charge is 0.379 e. The molecule has 0 N–H and O–H groups in total. The van der Waals surface area contributed by atoms with E-state index in [9.17, 15) is 14.4 Å². The van der Waals surface area contributed by atoms with E-state index in [0.717, 1.165) is 0 Å². The van der Waals surface area contributed by atoms with Crippen LogP contribution in [0.25, 0.3) is 10.4 Å². The fraction of sp³-hybridized carbons (Fsp3) is 0.786. The Morgan fingerprint density at radius 1 is 0.923 bits per heavy atom. The molecule has 0 unspecified atom stereocenters. The highest BCUT2D eigenvalue weighted by Gasteiger charge is 2.32. The first-order valence-electron chi connectivity index (χ1n) is 8.03. The van der Waals surface area contributed by atoms with Gasteiger partial charge in [-0.15, -0.1) is 5.06 Å². The van der Waals surface area contributed by atoms with E-state index < -0.39 is 17.8 Å². The predicted molar refractivity (Wildman–Crippen MR) is 84.5 cm³/mol. The molecule has 0 atom stereocenters. The highest BCUT2D eigenvalue weighted by Crippen LogP contribution is 2.11. The van der Waals surface area contributed by atoms with Gasteiger partial charge >= 0.3 is 5.97 Å². The molecule has 12 heteroatoms. The van der Waals surface area contributed by atoms with Crippen LogP contribution in [0, 0.1) is 0 Å². The molecule has 0 saturated carbocycles. The number of amides is 2. The van der Waals surface area contributed by atoms with Gasteiger partial charge in [-0.1, -0.05) is 5.11 Å². The van der Waals surface area contributed by atoms with Crippen molar-refractivity contribution < 1.29 is 38.2 Å². The zero-order valence-corrected chi connectivity index (χ0v) is 14.3. The smallest absolute Gasteiger partial charge is 0.358 e. The molecule has 1 aliphatic rings. The zero-order chi connectivity index (χ0) is 19.0. The molecule has 0 spiro atoms. The molecule has 0 aromatic rings. The van der Waals surface area contributed by atoms with Crippen LogP contribution in [0.5, 0.6) is 0 Å². The van der Waals surface area contributed by atoms with E-state index in [2.05, 4.69) is 14.9 Å². The minimum Gasteiger partial charge on any atom is -0.379 e. The maximum Gasteiger partial charge on any atom is 0.358 e. The number of nitrogens with zero attached hydrogens (tertiary/aromatic N) is 4. The van der Waals surface area contributed by atoms with Crippen molar-refractivity contribution in [3.05, 3.63) is 10.4 Å². The highest BCUT2D eigenvalue weighted by atomic mass is 16.7. The molecule has 0 aromatic carbocycles. The van der Waals surface area contributed by atoms with Crippen LogP contribution in [0.15, 0.2) is 5.11 Å². The molecule has 1 saturated heterocycles. The SMILES string of the molecule is [N-]=[N+]=NCCOCCOCCOCCOCC(=O)ON1C(=O)CCC1=O. The first-order chi connectivity index (χ1) is 12.6. The first kappa shape index (κ1) is 21.8. The molecule has 12 nitrogen and oxygen atoms in total. The molecule has 0 aliphatic carbocycles. The van der Waals surface area contributed by atoms with Crippen LogP contribution < -0.4 is 0 Å². The molecule has 146 valence electrons. The number of imide groups is 1. The zero-order valence-electron chi connectivity index (χ0n) is 14.3. The van der Waals surface area contributed by atoms with E-state index in [0.29, 0.717) is 38.1 Å². The maximum atomic E-state index is 11.4. The summed E-state index contributed by atoms with van der Waals surface area (Å²) in [6.07, 6.45) is 0.0928. The van der Waals surface area contributed by atoms with E-state index in [1.54, 1.807) is 0 Å². The number of carbonyl (C=O) groups excluding carboxylic acids is 3. The Morgan fingerprint density at radius 3 is 1.96 bits per heavy atom. The standard InChI is InChI=1S/C14H22N4O8/c15-17-16-3-4-22-5-6-23-7-8-24-9-10-25-11-14(21)26-18-12(19)1-2-13(18)20/h1-11H2. The molecule has 1 fully saturated rings. The van der Waals surface area contributed by atoms with Crippen molar-refractivity contribution >= 4 is 17.8 Å². The van der Waals surface area contributed by atoms with Gasteiger partial charge in [0.25, 0.3) is 11.8 Å². The van der Waals surface area contributed by atoms with E-state index in [1.807, 2.05) is 0 Å². The lowest BCUT2D eigenvalue weighted by atomic mass is 10.4. The number of hydroxylamine groups is 2. The van der Waals surface area contributed by atoms with Crippen molar-refractivity contribution in [3.63, 3.8) is 0 Å². The van der Waals surface area contributed by atoms with Gasteiger partial charge in [0.05, 0.1) is 46.2 Å². The topological polar surface area (TPSA) is 149 Å². The first-order valence-corrected chi connectivity index (χ1v) is 8.03. The van der Waals surface area contributed by atoms with Gasteiger partial charge in [0.15, 0.2) is 0 Å². The average molecular weight is 374 g/mol. The minimum absolute atomic E-state index is 0.0464. The molecule has 1 aliphatic heterocycles. The number of rotatable bonds is 15. The molecular formula is C14H22N4O8. The summed E-state index contributed by atoms with van der Waals surface area (Å²) < 4.78 is 20.6. The Hall–Kier alpha value is -2.24. The fourth-order valence-electron chi connectivity index (χ4n) is 1.75. The van der Waals surface area contributed by atoms with Gasteiger partial charge in [0.2, 0.25) is 0 Å². The highest BCUT2D eigenvalue weighted by molar-refractivity contribution is 6.01. The predicted octanol–water partition coefficient (Wildman–Crippen LogP) is -0.0297. The molecule has 0 radical (unpaired) electrons. The second kappa shape index (κ2) is 14.0. The molecule has 26 heavy (non-hydrogen) atoms. The van der Waals surface area contributed by atoms with Gasteiger partial charge in [-0.05, 0) is 5.53 Å². The summed E-state index contributed by atoms with van der Waals surface area (Å²) in [5.41, 5.74) is 8.05. The second-order valence-electron chi connectivity index (χ2n) is 4.89. The van der Waals surface area contributed by atoms with Crippen LogP contribution in [-0.2, 0) is 38.2 Å². The van der Waals surface area contributed by atoms with E-state index in [1.165, 1.54) is 0 Å². The van der Waals surface area contributed by atoms with Crippen molar-refractivity contribution in [1.82, 2.24) is 5.06 Å². The van der Waals surface area contributed by atoms with E-state index in [-0.39, 0.29) is 39.2 Å². The summed E-state index contributed by atoms with van der Waals surface area (Å²) in [5.74, 6) is -1.89. The third-order valence-electron chi connectivity index (χ3n) is 2.93. The fourth-order valence-corrected chi connectivity index (χ4v) is 1.75. The summed E-state index contributed by atoms with van der Waals surface area (Å²) in [6.45, 7) is 2.18. The summed E-state index contributed by atoms with van der Waals surface area (Å²) in [5, 5.41) is 3.79. The van der Waals surface area contributed by atoms with Gasteiger partial charge in [-0.25, -0.2) is 4.79 Å². The molecule has 0 bridgehead atoms. The van der Waals surface area contributed by atoms with Crippen LogP contribution in [0.2, 0.25) is 0 Å². The van der Waals surface area contributed by atoms with Gasteiger partial charge < -0.3 is 23.8 Å². The van der Waals surface area contributed by atoms with Crippen molar-refractivity contribution in [1.29, 1.82) is 0 Å². The van der Waals surface area contributed by atoms with Gasteiger partial charge in [0.1, 0.15) is 6.61 Å². The van der Waals surface area contributed by atoms with Crippen LogP contribution in [0.4, 0.5) is 0 Å². The van der Waals surface area contributed by atoms with Crippen molar-refractivity contribution in [2.24, 2.45) is 5.11 Å². The summed E-state index contributed by atoms with van der Waals surface area (Å²) in [4.78, 5) is 41.1. The van der Waals surface area contributed by atoms with Crippen LogP contribution in [-0.4, -0.2) is 82.2 Å². The number of hydrogen-bond acceptors (Lipinski definition) is 9. The lowest BCUT2D eigenvalue weighted by Gasteiger charge is -2.12. The van der Waals surface area contributed by atoms with Crippen LogP contribution in [0.3, 0.4) is 0 Å². The van der Waals surface area contributed by atoms with Gasteiger partial charge in [-0.3, -0.25) is 9.59 Å². The third-order valence-corrected chi connectivity index (χ3v) is 2.93. The number of hydrogen-bond donors (Lipinski definition) is 0. The van der Waals surface area contributed by atoms with Crippen molar-refractivity contribution in [2.75, 3.05) is 59.4 Å². The van der Waals surface area contributed by atoms with Gasteiger partial charge in [-0.2, -0.15) is 0 Å². The van der Waals surface area contributed by atoms with E-state index >= 15 is 0 Å². The summed E-state index contributed by atoms with van der Waals surface area (Å²) >= 11 is 0. The second-order valence-corrected chi connectivity index (χ2v) is 4.89. The lowest BCUT2D eigenvalue weighted by molar-refractivity contribution is -0.200. The minimum atomic E-state index is -0.822. The van der Waals surface area contributed by atoms with Crippen molar-refractivity contribution in [2.45, 2.75) is 12.8 Å². The maximum absolute atomic E-state index is 11.4. The molecule has 0 aromatic heterocycles. The summed E-state index contributed by atoms with van der Waals surface area (Å²) in [7, 11) is 0. The molecule has 2 amide bonds. The summed E-state index contributed by atoms with van der Waals surface area (Å²) in [6, 6.07) is 0. The lowest BCUT2D eigenvalue weighted by Crippen LogP contribution is -2.33. The Morgan fingerprint density at radius 2 is 1.42 bits per heavy atom. The molecular weight excluding hydrogens is 352 g/mol. The molecule has 1 rings (SSSR count). The Balaban J connectivity index is 1.84. The molecule has 1 heterocycles. The van der Waals surface area contributed by atoms with Gasteiger partial charge in [0, 0.05) is 24.3 Å². The third kappa shape index (κ3) is 9.91. The Bertz CT molecular complexity index is 493. The quantitative estimate of drug-likeness (QED) is 0.127. The normalized spacial score (nSPS) is 13.8. The van der Waals surface area contributed by atoms with Crippen molar-refractivity contribution in [3.8, 4) is 0 Å². The average Bonchev–Trinajstić information content (AvgIpc) is 2.94. The Labute approximate surface area is 149 Å². The van der Waals surface area contributed by atoms with E-state index in [4.69, 9.17) is 24.5 Å². The monoisotopic (exact) mass is 374 g/mol. The van der Waals surface area contributed by atoms with Crippen LogP contribution >= 0.6 is 0 Å². The number of carbonyl (C=O) groups is 3. The number of ether oxygens (including phenoxy) is 4.